The number of esters is 1. The van der Waals surface area contributed by atoms with Gasteiger partial charge in [0.15, 0.2) is 12.6 Å². The van der Waals surface area contributed by atoms with E-state index in [4.69, 9.17) is 34.3 Å². The summed E-state index contributed by atoms with van der Waals surface area (Å²) < 4.78 is 37.4. The molecule has 326 valence electrons. The van der Waals surface area contributed by atoms with Gasteiger partial charge in [-0.2, -0.15) is 5.90 Å². The van der Waals surface area contributed by atoms with Crippen molar-refractivity contribution in [1.29, 1.82) is 0 Å². The number of ether oxygens (including phenoxy) is 6. The molecule has 0 aliphatic carbocycles. The first-order valence-electron chi connectivity index (χ1n) is 19.7. The Labute approximate surface area is 331 Å². The molecule has 0 aromatic heterocycles. The number of nitrogens with two attached hydrogens (primary N) is 1. The molecule has 0 radical (unpaired) electrons. The van der Waals surface area contributed by atoms with E-state index in [1.165, 1.54) is 34.8 Å². The number of carbonyl (C=O) groups is 3. The fourth-order valence-electron chi connectivity index (χ4n) is 9.05. The zero-order valence-corrected chi connectivity index (χ0v) is 35.5. The third kappa shape index (κ3) is 10.1. The Morgan fingerprint density at radius 3 is 2.07 bits per heavy atom. The lowest BCUT2D eigenvalue weighted by molar-refractivity contribution is -0.323. The minimum atomic E-state index is -2.17. The molecule has 0 amide bonds. The maximum absolute atomic E-state index is 14.8. The quantitative estimate of drug-likeness (QED) is 0.140. The molecule has 3 aliphatic rings. The summed E-state index contributed by atoms with van der Waals surface area (Å²) in [7, 11) is 5.04. The van der Waals surface area contributed by atoms with Crippen LogP contribution in [-0.2, 0) is 47.6 Å². The van der Waals surface area contributed by atoms with Crippen LogP contribution in [0.1, 0.15) is 101 Å². The number of methoxy groups -OCH3 is 1. The number of hydrogen-bond acceptors (Lipinski definition) is 17. The van der Waals surface area contributed by atoms with Gasteiger partial charge in [0.05, 0.1) is 48.1 Å². The smallest absolute Gasteiger partial charge is 0.325 e. The van der Waals surface area contributed by atoms with E-state index in [1.54, 1.807) is 48.7 Å². The lowest BCUT2D eigenvalue weighted by Gasteiger charge is -2.51. The monoisotopic (exact) mass is 806 g/mol. The number of aliphatic hydroxyl groups is 5. The van der Waals surface area contributed by atoms with Crippen LogP contribution >= 0.6 is 0 Å². The van der Waals surface area contributed by atoms with Crippen molar-refractivity contribution in [2.75, 3.05) is 21.2 Å². The first-order valence-corrected chi connectivity index (χ1v) is 19.7. The number of cyclic esters (lactones) is 1. The van der Waals surface area contributed by atoms with Gasteiger partial charge in [-0.15, -0.1) is 0 Å². The highest BCUT2D eigenvalue weighted by atomic mass is 16.7. The molecule has 3 aliphatic heterocycles. The summed E-state index contributed by atoms with van der Waals surface area (Å²) in [6.07, 6.45) is -12.7. The molecule has 0 aromatic carbocycles. The van der Waals surface area contributed by atoms with Crippen LogP contribution in [0.25, 0.3) is 0 Å². The van der Waals surface area contributed by atoms with Crippen molar-refractivity contribution in [3.8, 4) is 0 Å². The van der Waals surface area contributed by atoms with Crippen LogP contribution in [-0.4, -0.2) is 154 Å². The molecule has 3 heterocycles. The summed E-state index contributed by atoms with van der Waals surface area (Å²) in [5.41, 5.74) is -7.38. The van der Waals surface area contributed by atoms with Crippen LogP contribution in [0, 0.1) is 23.2 Å². The van der Waals surface area contributed by atoms with Gasteiger partial charge in [-0.25, -0.2) is 0 Å². The van der Waals surface area contributed by atoms with Crippen molar-refractivity contribution in [2.24, 2.45) is 29.1 Å². The van der Waals surface area contributed by atoms with Crippen molar-refractivity contribution in [1.82, 2.24) is 4.90 Å². The van der Waals surface area contributed by atoms with Gasteiger partial charge in [0.25, 0.3) is 0 Å². The van der Waals surface area contributed by atoms with Gasteiger partial charge in [-0.3, -0.25) is 14.4 Å². The summed E-state index contributed by atoms with van der Waals surface area (Å²) >= 11 is 0. The van der Waals surface area contributed by atoms with E-state index < -0.39 is 132 Å². The van der Waals surface area contributed by atoms with Crippen molar-refractivity contribution in [3.63, 3.8) is 0 Å². The molecule has 0 bridgehead atoms. The third-order valence-corrected chi connectivity index (χ3v) is 12.6. The van der Waals surface area contributed by atoms with E-state index in [-0.39, 0.29) is 19.3 Å². The average molecular weight is 807 g/mol. The molecular formula is C39H70N2O15. The standard InChI is InChI=1S/C39H70N2O15/c1-14-25-39(10,49)30(45)21(4)28(43)19(2)16-37(8,48)33(55-34-29(44)24(41(11)12)15-20(3)51-34)22(5)32(36(7,35(47)53-25)17-26(42)56-40)54-27-18-38(9,50-13)31(46)23(6)52-27/h19-25,27,29-34,44-46,48-49H,14-18,40H2,1-13H3/t19-,20+,21+,22+,23+,24-,25-,27?,29+,30-,31+,32+,33-,34?,36+,37-,38-,39-/m1/s1. The summed E-state index contributed by atoms with van der Waals surface area (Å²) in [4.78, 5) is 48.3. The van der Waals surface area contributed by atoms with Gasteiger partial charge in [0.2, 0.25) is 0 Å². The predicted octanol–water partition coefficient (Wildman–Crippen LogP) is 0.963. The van der Waals surface area contributed by atoms with Crippen molar-refractivity contribution < 1.29 is 73.2 Å². The largest absolute Gasteiger partial charge is 0.459 e. The molecule has 0 spiro atoms. The summed E-state index contributed by atoms with van der Waals surface area (Å²) in [6, 6.07) is -0.411. The zero-order valence-electron chi connectivity index (χ0n) is 35.5. The van der Waals surface area contributed by atoms with E-state index in [9.17, 15) is 39.9 Å². The number of likely N-dealkylation sites (N-methyl/N-ethyl adjacent to an activating group) is 1. The molecule has 0 aromatic rings. The molecule has 2 unspecified atom stereocenters. The Morgan fingerprint density at radius 2 is 1.54 bits per heavy atom. The van der Waals surface area contributed by atoms with Gasteiger partial charge in [-0.05, 0) is 74.9 Å². The molecule has 56 heavy (non-hydrogen) atoms. The van der Waals surface area contributed by atoms with Gasteiger partial charge < -0.3 is 63.7 Å². The first kappa shape index (κ1) is 48.5. The SMILES string of the molecule is CC[C@H]1OC(=O)[C@@](C)(CC(=O)ON)[C@@H](OC2C[C@@](C)(OC)[C@@H](O)[C@H](C)O2)[C@H](C)[C@@H](OC2O[C@@H](C)C[C@@H](N(C)C)[C@@H]2O)[C@](C)(O)C[C@@H](C)C(=O)[C@H](C)[C@@H](O)[C@]1(C)O. The van der Waals surface area contributed by atoms with Gasteiger partial charge >= 0.3 is 11.9 Å². The number of hydrogen-bond donors (Lipinski definition) is 6. The number of nitrogens with zero attached hydrogens (tertiary/aromatic N) is 1. The summed E-state index contributed by atoms with van der Waals surface area (Å²) in [5, 5.41) is 58.4. The van der Waals surface area contributed by atoms with Gasteiger partial charge in [0, 0.05) is 37.3 Å². The van der Waals surface area contributed by atoms with Crippen LogP contribution < -0.4 is 5.90 Å². The third-order valence-electron chi connectivity index (χ3n) is 12.6. The predicted molar refractivity (Wildman–Crippen MR) is 200 cm³/mol. The molecule has 3 rings (SSSR count). The van der Waals surface area contributed by atoms with Crippen LogP contribution in [0.5, 0.6) is 0 Å². The highest BCUT2D eigenvalue weighted by Crippen LogP contribution is 2.45. The molecule has 17 heteroatoms. The fourth-order valence-corrected chi connectivity index (χ4v) is 9.05. The minimum Gasteiger partial charge on any atom is -0.459 e. The molecule has 18 atom stereocenters. The highest BCUT2D eigenvalue weighted by molar-refractivity contribution is 5.85. The number of ketones is 1. The van der Waals surface area contributed by atoms with E-state index in [0.29, 0.717) is 6.42 Å². The molecule has 17 nitrogen and oxygen atoms in total. The minimum absolute atomic E-state index is 0.0132. The second kappa shape index (κ2) is 18.6. The number of Topliss-reactive ketones (excluding diaryl/α,β-unsaturated/α-hetero) is 1. The van der Waals surface area contributed by atoms with E-state index >= 15 is 0 Å². The lowest BCUT2D eigenvalue weighted by Crippen LogP contribution is -2.63. The molecule has 3 fully saturated rings. The van der Waals surface area contributed by atoms with E-state index in [1.807, 2.05) is 11.8 Å². The zero-order chi connectivity index (χ0) is 42.9. The second-order valence-electron chi connectivity index (χ2n) is 17.7. The van der Waals surface area contributed by atoms with E-state index in [2.05, 4.69) is 4.84 Å². The number of rotatable bonds is 9. The topological polar surface area (TPSA) is 246 Å². The molecule has 0 saturated carbocycles. The van der Waals surface area contributed by atoms with Crippen LogP contribution in [0.15, 0.2) is 0 Å². The highest BCUT2D eigenvalue weighted by Gasteiger charge is 2.58. The van der Waals surface area contributed by atoms with Crippen LogP contribution in [0.2, 0.25) is 0 Å². The van der Waals surface area contributed by atoms with Gasteiger partial charge in [0.1, 0.15) is 35.1 Å². The van der Waals surface area contributed by atoms with Crippen LogP contribution in [0.3, 0.4) is 0 Å². The lowest BCUT2D eigenvalue weighted by atomic mass is 9.69. The Balaban J connectivity index is 2.36. The maximum atomic E-state index is 14.8. The first-order chi connectivity index (χ1) is 25.7. The Bertz CT molecular complexity index is 1350. The van der Waals surface area contributed by atoms with Crippen LogP contribution in [0.4, 0.5) is 0 Å². The Kier molecular flexibility index (Phi) is 16.1. The average Bonchev–Trinajstić information content (AvgIpc) is 3.12. The fraction of sp³-hybridized carbons (Fsp3) is 0.923. The molecule has 3 saturated heterocycles. The van der Waals surface area contributed by atoms with E-state index in [0.717, 1.165) is 0 Å². The number of carbonyl (C=O) groups excluding carboxylic acids is 3. The van der Waals surface area contributed by atoms with Crippen molar-refractivity contribution in [3.05, 3.63) is 0 Å². The summed E-state index contributed by atoms with van der Waals surface area (Å²) in [5.74, 6) is -0.489. The Hall–Kier alpha value is -1.87. The van der Waals surface area contributed by atoms with Crippen molar-refractivity contribution in [2.45, 2.75) is 186 Å². The maximum Gasteiger partial charge on any atom is 0.325 e. The summed E-state index contributed by atoms with van der Waals surface area (Å²) in [6.45, 7) is 15.4. The van der Waals surface area contributed by atoms with Crippen molar-refractivity contribution >= 4 is 17.7 Å². The molecule has 7 N–H and O–H groups in total. The van der Waals surface area contributed by atoms with Gasteiger partial charge in [-0.1, -0.05) is 27.7 Å². The number of aliphatic hydroxyl groups excluding tert-OH is 3. The second-order valence-corrected chi connectivity index (χ2v) is 17.7. The normalized spacial score (nSPS) is 47.6. The molecular weight excluding hydrogens is 736 g/mol. The Morgan fingerprint density at radius 1 is 0.929 bits per heavy atom.